The number of halogens is 2. The molecule has 122 valence electrons. The fourth-order valence-corrected chi connectivity index (χ4v) is 2.61. The van der Waals surface area contributed by atoms with Crippen LogP contribution in [-0.4, -0.2) is 22.6 Å². The van der Waals surface area contributed by atoms with Gasteiger partial charge in [-0.3, -0.25) is 14.2 Å². The van der Waals surface area contributed by atoms with E-state index < -0.39 is 5.91 Å². The average molecular weight is 362 g/mol. The average Bonchev–Trinajstić information content (AvgIpc) is 3.01. The number of hydroxylamine groups is 1. The predicted molar refractivity (Wildman–Crippen MR) is 93.5 cm³/mol. The van der Waals surface area contributed by atoms with Crippen molar-refractivity contribution < 1.29 is 9.63 Å². The van der Waals surface area contributed by atoms with Crippen molar-refractivity contribution in [1.29, 1.82) is 0 Å². The summed E-state index contributed by atoms with van der Waals surface area (Å²) in [6.07, 6.45) is 1.62. The van der Waals surface area contributed by atoms with E-state index in [1.165, 1.54) is 7.11 Å². The zero-order valence-corrected chi connectivity index (χ0v) is 14.2. The van der Waals surface area contributed by atoms with Gasteiger partial charge in [0, 0.05) is 22.5 Å². The first kappa shape index (κ1) is 16.5. The van der Waals surface area contributed by atoms with Crippen molar-refractivity contribution in [3.63, 3.8) is 0 Å². The summed E-state index contributed by atoms with van der Waals surface area (Å²) in [4.78, 5) is 21.1. The van der Waals surface area contributed by atoms with Gasteiger partial charge in [0.05, 0.1) is 12.1 Å². The molecule has 7 heteroatoms. The Morgan fingerprint density at radius 3 is 2.50 bits per heavy atom. The Kier molecular flexibility index (Phi) is 4.85. The Labute approximate surface area is 148 Å². The molecular formula is C17H13Cl2N3O2. The molecule has 0 radical (unpaired) electrons. The molecule has 0 saturated heterocycles. The number of imidazole rings is 1. The molecule has 0 unspecified atom stereocenters. The number of nitrogens with zero attached hydrogens (tertiary/aromatic N) is 2. The molecular weight excluding hydrogens is 349 g/mol. The number of amides is 1. The molecule has 3 aromatic rings. The van der Waals surface area contributed by atoms with Crippen LogP contribution in [0.1, 0.15) is 10.5 Å². The second-order valence-electron chi connectivity index (χ2n) is 4.91. The zero-order valence-electron chi connectivity index (χ0n) is 12.7. The third kappa shape index (κ3) is 3.28. The number of hydrogen-bond acceptors (Lipinski definition) is 3. The SMILES string of the molecule is CONC(=O)c1cn(-c2ccc(Cl)cc2)c(-c2ccccc2Cl)n1. The van der Waals surface area contributed by atoms with Crippen LogP contribution in [0.5, 0.6) is 0 Å². The minimum Gasteiger partial charge on any atom is -0.299 e. The van der Waals surface area contributed by atoms with Gasteiger partial charge >= 0.3 is 0 Å². The predicted octanol–water partition coefficient (Wildman–Crippen LogP) is 4.14. The van der Waals surface area contributed by atoms with Crippen LogP contribution in [0.25, 0.3) is 17.1 Å². The summed E-state index contributed by atoms with van der Waals surface area (Å²) in [5.41, 5.74) is 3.99. The molecule has 0 aliphatic carbocycles. The largest absolute Gasteiger partial charge is 0.299 e. The second kappa shape index (κ2) is 7.05. The van der Waals surface area contributed by atoms with E-state index in [2.05, 4.69) is 15.3 Å². The minimum absolute atomic E-state index is 0.210. The van der Waals surface area contributed by atoms with Crippen molar-refractivity contribution in [2.75, 3.05) is 7.11 Å². The van der Waals surface area contributed by atoms with Gasteiger partial charge in [-0.2, -0.15) is 0 Å². The maximum Gasteiger partial charge on any atom is 0.295 e. The van der Waals surface area contributed by atoms with Gasteiger partial charge in [-0.25, -0.2) is 10.5 Å². The molecule has 0 bridgehead atoms. The monoisotopic (exact) mass is 361 g/mol. The molecule has 24 heavy (non-hydrogen) atoms. The summed E-state index contributed by atoms with van der Waals surface area (Å²) < 4.78 is 1.78. The first-order chi connectivity index (χ1) is 11.6. The van der Waals surface area contributed by atoms with Crippen LogP contribution in [-0.2, 0) is 4.84 Å². The third-order valence-corrected chi connectivity index (χ3v) is 3.93. The van der Waals surface area contributed by atoms with Crippen molar-refractivity contribution in [3.8, 4) is 17.1 Å². The van der Waals surface area contributed by atoms with Gasteiger partial charge in [0.25, 0.3) is 5.91 Å². The molecule has 1 amide bonds. The van der Waals surface area contributed by atoms with Crippen molar-refractivity contribution >= 4 is 29.1 Å². The molecule has 0 saturated carbocycles. The highest BCUT2D eigenvalue weighted by atomic mass is 35.5. The van der Waals surface area contributed by atoms with Crippen LogP contribution in [0, 0.1) is 0 Å². The molecule has 0 aliphatic rings. The molecule has 0 spiro atoms. The quantitative estimate of drug-likeness (QED) is 0.710. The van der Waals surface area contributed by atoms with E-state index in [1.807, 2.05) is 30.3 Å². The van der Waals surface area contributed by atoms with E-state index in [0.29, 0.717) is 21.4 Å². The molecule has 1 heterocycles. The Hall–Kier alpha value is -2.34. The Bertz CT molecular complexity index is 876. The lowest BCUT2D eigenvalue weighted by Gasteiger charge is -2.09. The normalized spacial score (nSPS) is 10.6. The zero-order chi connectivity index (χ0) is 17.1. The lowest BCUT2D eigenvalue weighted by molar-refractivity contribution is 0.0533. The Balaban J connectivity index is 2.17. The van der Waals surface area contributed by atoms with Gasteiger partial charge in [-0.05, 0) is 36.4 Å². The summed E-state index contributed by atoms with van der Waals surface area (Å²) in [5, 5.41) is 1.16. The number of carbonyl (C=O) groups excluding carboxylic acids is 1. The van der Waals surface area contributed by atoms with Gasteiger partial charge in [-0.1, -0.05) is 35.3 Å². The van der Waals surface area contributed by atoms with E-state index in [9.17, 15) is 4.79 Å². The van der Waals surface area contributed by atoms with Crippen molar-refractivity contribution in [3.05, 3.63) is 70.5 Å². The number of hydrogen-bond donors (Lipinski definition) is 1. The summed E-state index contributed by atoms with van der Waals surface area (Å²) in [5.74, 6) is 0.0997. The standard InChI is InChI=1S/C17H13Cl2N3O2/c1-24-21-17(23)15-10-22(12-8-6-11(18)7-9-12)16(20-15)13-4-2-3-5-14(13)19/h2-10H,1H3,(H,21,23). The maximum absolute atomic E-state index is 12.0. The topological polar surface area (TPSA) is 56.1 Å². The third-order valence-electron chi connectivity index (χ3n) is 3.35. The van der Waals surface area contributed by atoms with E-state index in [-0.39, 0.29) is 5.69 Å². The van der Waals surface area contributed by atoms with Crippen molar-refractivity contribution in [2.45, 2.75) is 0 Å². The molecule has 5 nitrogen and oxygen atoms in total. The van der Waals surface area contributed by atoms with Crippen molar-refractivity contribution in [2.24, 2.45) is 0 Å². The van der Waals surface area contributed by atoms with E-state index in [1.54, 1.807) is 29.0 Å². The van der Waals surface area contributed by atoms with Crippen LogP contribution in [0.4, 0.5) is 0 Å². The van der Waals surface area contributed by atoms with Gasteiger partial charge in [0.1, 0.15) is 11.5 Å². The second-order valence-corrected chi connectivity index (χ2v) is 5.75. The molecule has 0 aliphatic heterocycles. The van der Waals surface area contributed by atoms with E-state index in [4.69, 9.17) is 23.2 Å². The minimum atomic E-state index is -0.446. The number of rotatable bonds is 4. The number of benzene rings is 2. The summed E-state index contributed by atoms with van der Waals surface area (Å²) >= 11 is 12.2. The lowest BCUT2D eigenvalue weighted by Crippen LogP contribution is -2.22. The Morgan fingerprint density at radius 2 is 1.83 bits per heavy atom. The highest BCUT2D eigenvalue weighted by Gasteiger charge is 2.18. The molecule has 1 aromatic heterocycles. The highest BCUT2D eigenvalue weighted by molar-refractivity contribution is 6.33. The first-order valence-electron chi connectivity index (χ1n) is 7.03. The molecule has 2 aromatic carbocycles. The Morgan fingerprint density at radius 1 is 1.12 bits per heavy atom. The van der Waals surface area contributed by atoms with Crippen LogP contribution in [0.15, 0.2) is 54.7 Å². The van der Waals surface area contributed by atoms with Crippen LogP contribution < -0.4 is 5.48 Å². The molecule has 0 atom stereocenters. The summed E-state index contributed by atoms with van der Waals surface area (Å²) in [7, 11) is 1.36. The van der Waals surface area contributed by atoms with Gasteiger partial charge < -0.3 is 0 Å². The van der Waals surface area contributed by atoms with Crippen LogP contribution in [0.2, 0.25) is 10.0 Å². The number of aromatic nitrogens is 2. The molecule has 1 N–H and O–H groups in total. The molecule has 3 rings (SSSR count). The van der Waals surface area contributed by atoms with Gasteiger partial charge in [0.15, 0.2) is 0 Å². The van der Waals surface area contributed by atoms with Crippen LogP contribution in [0.3, 0.4) is 0 Å². The van der Waals surface area contributed by atoms with Gasteiger partial charge in [0.2, 0.25) is 0 Å². The van der Waals surface area contributed by atoms with E-state index in [0.717, 1.165) is 5.69 Å². The van der Waals surface area contributed by atoms with Gasteiger partial charge in [-0.15, -0.1) is 0 Å². The fraction of sp³-hybridized carbons (Fsp3) is 0.0588. The summed E-state index contributed by atoms with van der Waals surface area (Å²) in [6.45, 7) is 0. The van der Waals surface area contributed by atoms with Crippen LogP contribution >= 0.6 is 23.2 Å². The smallest absolute Gasteiger partial charge is 0.295 e. The highest BCUT2D eigenvalue weighted by Crippen LogP contribution is 2.29. The summed E-state index contributed by atoms with van der Waals surface area (Å²) in [6, 6.07) is 14.5. The van der Waals surface area contributed by atoms with Crippen molar-refractivity contribution in [1.82, 2.24) is 15.0 Å². The number of nitrogens with one attached hydrogen (secondary N) is 1. The fourth-order valence-electron chi connectivity index (χ4n) is 2.27. The van der Waals surface area contributed by atoms with E-state index >= 15 is 0 Å². The number of carbonyl (C=O) groups is 1. The lowest BCUT2D eigenvalue weighted by atomic mass is 10.2. The molecule has 0 fully saturated rings. The maximum atomic E-state index is 12.0. The first-order valence-corrected chi connectivity index (χ1v) is 7.79.